The summed E-state index contributed by atoms with van der Waals surface area (Å²) in [5.74, 6) is 0.237. The summed E-state index contributed by atoms with van der Waals surface area (Å²) in [6.45, 7) is 1.92. The van der Waals surface area contributed by atoms with Crippen molar-refractivity contribution in [1.29, 1.82) is 0 Å². The maximum absolute atomic E-state index is 11.9. The molecule has 0 atom stereocenters. The van der Waals surface area contributed by atoms with Crippen LogP contribution in [0.3, 0.4) is 0 Å². The van der Waals surface area contributed by atoms with Gasteiger partial charge >= 0.3 is 5.97 Å². The van der Waals surface area contributed by atoms with E-state index in [-0.39, 0.29) is 5.97 Å². The van der Waals surface area contributed by atoms with Crippen LogP contribution in [0, 0.1) is 6.92 Å². The molecule has 0 bridgehead atoms. The molecule has 0 fully saturated rings. The fourth-order valence-electron chi connectivity index (χ4n) is 2.30. The standard InChI is InChI=1S/C18H14BrN3O2/c1-11-7-8-20-17(21-11)6-4-13-3-5-14-15(18(23)24-2)9-12(19)10-16(14)22-13/h3-10H,1-2H3. The van der Waals surface area contributed by atoms with Crippen LogP contribution in [0.15, 0.2) is 41.0 Å². The van der Waals surface area contributed by atoms with Gasteiger partial charge < -0.3 is 4.74 Å². The zero-order valence-corrected chi connectivity index (χ0v) is 14.7. The molecule has 0 saturated heterocycles. The number of rotatable bonds is 3. The average Bonchev–Trinajstić information content (AvgIpc) is 2.58. The highest BCUT2D eigenvalue weighted by atomic mass is 79.9. The number of aromatic nitrogens is 3. The van der Waals surface area contributed by atoms with Gasteiger partial charge in [0.25, 0.3) is 0 Å². The van der Waals surface area contributed by atoms with E-state index < -0.39 is 0 Å². The first-order valence-electron chi connectivity index (χ1n) is 7.23. The summed E-state index contributed by atoms with van der Waals surface area (Å²) in [6.07, 6.45) is 5.36. The van der Waals surface area contributed by atoms with Crippen molar-refractivity contribution in [3.8, 4) is 0 Å². The van der Waals surface area contributed by atoms with Crippen LogP contribution in [0.1, 0.15) is 27.6 Å². The highest BCUT2D eigenvalue weighted by Gasteiger charge is 2.12. The van der Waals surface area contributed by atoms with E-state index in [1.165, 1.54) is 7.11 Å². The summed E-state index contributed by atoms with van der Waals surface area (Å²) in [6, 6.07) is 9.14. The number of esters is 1. The molecule has 0 amide bonds. The summed E-state index contributed by atoms with van der Waals surface area (Å²) in [5, 5.41) is 0.744. The van der Waals surface area contributed by atoms with Gasteiger partial charge in [0, 0.05) is 21.7 Å². The molecule has 0 N–H and O–H groups in total. The van der Waals surface area contributed by atoms with Gasteiger partial charge in [0.05, 0.1) is 23.9 Å². The largest absolute Gasteiger partial charge is 0.465 e. The molecule has 3 rings (SSSR count). The Labute approximate surface area is 147 Å². The molecule has 120 valence electrons. The van der Waals surface area contributed by atoms with Crippen LogP contribution >= 0.6 is 15.9 Å². The number of aryl methyl sites for hydroxylation is 1. The Hall–Kier alpha value is -2.60. The number of carbonyl (C=O) groups is 1. The molecule has 3 aromatic rings. The molecule has 0 aliphatic carbocycles. The van der Waals surface area contributed by atoms with Crippen LogP contribution in [0.4, 0.5) is 0 Å². The van der Waals surface area contributed by atoms with Gasteiger partial charge in [-0.05, 0) is 49.4 Å². The Morgan fingerprint density at radius 1 is 1.17 bits per heavy atom. The highest BCUT2D eigenvalue weighted by Crippen LogP contribution is 2.24. The molecule has 0 spiro atoms. The summed E-state index contributed by atoms with van der Waals surface area (Å²) < 4.78 is 5.60. The van der Waals surface area contributed by atoms with Crippen molar-refractivity contribution in [2.75, 3.05) is 7.11 Å². The normalized spacial score (nSPS) is 11.1. The second-order valence-corrected chi connectivity index (χ2v) is 6.05. The minimum Gasteiger partial charge on any atom is -0.465 e. The zero-order valence-electron chi connectivity index (χ0n) is 13.2. The summed E-state index contributed by atoms with van der Waals surface area (Å²) in [5.41, 5.74) is 2.84. The topological polar surface area (TPSA) is 65.0 Å². The molecule has 0 saturated carbocycles. The number of ether oxygens (including phenoxy) is 1. The molecule has 0 radical (unpaired) electrons. The molecule has 6 heteroatoms. The van der Waals surface area contributed by atoms with Crippen molar-refractivity contribution in [1.82, 2.24) is 15.0 Å². The van der Waals surface area contributed by atoms with Gasteiger partial charge in [-0.15, -0.1) is 0 Å². The van der Waals surface area contributed by atoms with E-state index in [9.17, 15) is 4.79 Å². The summed E-state index contributed by atoms with van der Waals surface area (Å²) >= 11 is 3.40. The van der Waals surface area contributed by atoms with Crippen LogP contribution in [0.25, 0.3) is 23.1 Å². The third-order valence-corrected chi connectivity index (χ3v) is 3.87. The van der Waals surface area contributed by atoms with Crippen LogP contribution in [0.5, 0.6) is 0 Å². The van der Waals surface area contributed by atoms with E-state index in [1.807, 2.05) is 37.3 Å². The minimum absolute atomic E-state index is 0.389. The van der Waals surface area contributed by atoms with Gasteiger partial charge in [0.1, 0.15) is 0 Å². The van der Waals surface area contributed by atoms with Crippen molar-refractivity contribution in [3.63, 3.8) is 0 Å². The molecule has 2 aromatic heterocycles. The molecule has 0 aliphatic rings. The minimum atomic E-state index is -0.389. The molecule has 5 nitrogen and oxygen atoms in total. The van der Waals surface area contributed by atoms with Crippen LogP contribution in [-0.2, 0) is 4.74 Å². The van der Waals surface area contributed by atoms with Crippen LogP contribution < -0.4 is 0 Å². The lowest BCUT2D eigenvalue weighted by molar-refractivity contribution is 0.0603. The third-order valence-electron chi connectivity index (χ3n) is 3.42. The predicted molar refractivity (Wildman–Crippen MR) is 96.5 cm³/mol. The van der Waals surface area contributed by atoms with Gasteiger partial charge in [-0.25, -0.2) is 19.7 Å². The average molecular weight is 384 g/mol. The van der Waals surface area contributed by atoms with Crippen molar-refractivity contribution < 1.29 is 9.53 Å². The van der Waals surface area contributed by atoms with E-state index in [0.29, 0.717) is 16.9 Å². The van der Waals surface area contributed by atoms with Gasteiger partial charge in [0.15, 0.2) is 5.82 Å². The summed E-state index contributed by atoms with van der Waals surface area (Å²) in [4.78, 5) is 25.0. The number of pyridine rings is 1. The Morgan fingerprint density at radius 2 is 2.00 bits per heavy atom. The molecule has 24 heavy (non-hydrogen) atoms. The molecular formula is C18H14BrN3O2. The van der Waals surface area contributed by atoms with Crippen molar-refractivity contribution >= 4 is 45.0 Å². The molecule has 0 unspecified atom stereocenters. The number of halogens is 1. The third kappa shape index (κ3) is 3.49. The van der Waals surface area contributed by atoms with E-state index in [1.54, 1.807) is 18.3 Å². The molecule has 0 aliphatic heterocycles. The number of benzene rings is 1. The fourth-order valence-corrected chi connectivity index (χ4v) is 2.74. The summed E-state index contributed by atoms with van der Waals surface area (Å²) in [7, 11) is 1.36. The number of methoxy groups -OCH3 is 1. The van der Waals surface area contributed by atoms with E-state index in [4.69, 9.17) is 4.74 Å². The Kier molecular flexibility index (Phi) is 4.66. The Bertz CT molecular complexity index is 954. The smallest absolute Gasteiger partial charge is 0.338 e. The monoisotopic (exact) mass is 383 g/mol. The Balaban J connectivity index is 2.01. The van der Waals surface area contributed by atoms with Crippen molar-refractivity contribution in [2.45, 2.75) is 6.92 Å². The molecule has 2 heterocycles. The second-order valence-electron chi connectivity index (χ2n) is 5.14. The van der Waals surface area contributed by atoms with E-state index in [2.05, 4.69) is 30.9 Å². The highest BCUT2D eigenvalue weighted by molar-refractivity contribution is 9.10. The van der Waals surface area contributed by atoms with Gasteiger partial charge in [0.2, 0.25) is 0 Å². The van der Waals surface area contributed by atoms with Crippen LogP contribution in [-0.4, -0.2) is 28.0 Å². The maximum Gasteiger partial charge on any atom is 0.338 e. The lowest BCUT2D eigenvalue weighted by Crippen LogP contribution is -2.02. The first-order chi connectivity index (χ1) is 11.6. The number of hydrogen-bond acceptors (Lipinski definition) is 5. The lowest BCUT2D eigenvalue weighted by atomic mass is 10.1. The lowest BCUT2D eigenvalue weighted by Gasteiger charge is -2.06. The van der Waals surface area contributed by atoms with Gasteiger partial charge in [-0.2, -0.15) is 0 Å². The quantitative estimate of drug-likeness (QED) is 0.638. The first-order valence-corrected chi connectivity index (χ1v) is 8.02. The zero-order chi connectivity index (χ0) is 17.1. The van der Waals surface area contributed by atoms with Crippen molar-refractivity contribution in [2.24, 2.45) is 0 Å². The Morgan fingerprint density at radius 3 is 2.75 bits per heavy atom. The number of hydrogen-bond donors (Lipinski definition) is 0. The van der Waals surface area contributed by atoms with E-state index >= 15 is 0 Å². The molecule has 1 aromatic carbocycles. The fraction of sp³-hybridized carbons (Fsp3) is 0.111. The maximum atomic E-state index is 11.9. The molecular weight excluding hydrogens is 370 g/mol. The number of nitrogens with zero attached hydrogens (tertiary/aromatic N) is 3. The first kappa shape index (κ1) is 16.3. The van der Waals surface area contributed by atoms with Crippen molar-refractivity contribution in [3.05, 3.63) is 63.8 Å². The van der Waals surface area contributed by atoms with Crippen LogP contribution in [0.2, 0.25) is 0 Å². The number of carbonyl (C=O) groups excluding carboxylic acids is 1. The van der Waals surface area contributed by atoms with Gasteiger partial charge in [-0.1, -0.05) is 15.9 Å². The SMILES string of the molecule is COC(=O)c1cc(Br)cc2nc(C=Cc3nccc(C)n3)ccc12. The van der Waals surface area contributed by atoms with Gasteiger partial charge in [-0.3, -0.25) is 0 Å². The second kappa shape index (κ2) is 6.88. The van der Waals surface area contributed by atoms with E-state index in [0.717, 1.165) is 21.2 Å². The predicted octanol–water partition coefficient (Wildman–Crippen LogP) is 4.05. The number of fused-ring (bicyclic) bond motifs is 1.